The van der Waals surface area contributed by atoms with Gasteiger partial charge in [-0.05, 0) is 37.1 Å². The Morgan fingerprint density at radius 2 is 1.76 bits per heavy atom. The van der Waals surface area contributed by atoms with Crippen LogP contribution in [0, 0.1) is 13.8 Å². The molecule has 0 saturated carbocycles. The summed E-state index contributed by atoms with van der Waals surface area (Å²) in [5.41, 5.74) is 5.53. The third-order valence-corrected chi connectivity index (χ3v) is 7.18. The molecule has 1 saturated heterocycles. The molecule has 4 rings (SSSR count). The molecule has 0 radical (unpaired) electrons. The number of aryl methyl sites for hydroxylation is 2. The number of carbonyl (C=O) groups is 2. The fraction of sp³-hybridized carbons (Fsp3) is 0.308. The zero-order valence-corrected chi connectivity index (χ0v) is 21.1. The highest BCUT2D eigenvalue weighted by molar-refractivity contribution is 7.15. The van der Waals surface area contributed by atoms with E-state index in [4.69, 9.17) is 16.3 Å². The van der Waals surface area contributed by atoms with Crippen LogP contribution in [0.25, 0.3) is 11.1 Å². The van der Waals surface area contributed by atoms with E-state index in [1.807, 2.05) is 54.8 Å². The molecule has 0 bridgehead atoms. The van der Waals surface area contributed by atoms with Crippen molar-refractivity contribution in [3.8, 4) is 11.1 Å². The van der Waals surface area contributed by atoms with Crippen molar-refractivity contribution in [2.45, 2.75) is 13.8 Å². The second kappa shape index (κ2) is 10.6. The lowest BCUT2D eigenvalue weighted by molar-refractivity contribution is -0.117. The van der Waals surface area contributed by atoms with Crippen molar-refractivity contribution in [3.05, 3.63) is 69.6 Å². The normalized spacial score (nSPS) is 14.2. The van der Waals surface area contributed by atoms with Crippen molar-refractivity contribution >= 4 is 45.5 Å². The van der Waals surface area contributed by atoms with Gasteiger partial charge in [-0.15, -0.1) is 11.3 Å². The van der Waals surface area contributed by atoms with Crippen LogP contribution in [0.15, 0.2) is 47.8 Å². The van der Waals surface area contributed by atoms with E-state index < -0.39 is 5.97 Å². The summed E-state index contributed by atoms with van der Waals surface area (Å²) in [6.45, 7) is 7.53. The van der Waals surface area contributed by atoms with E-state index in [1.165, 1.54) is 24.0 Å². The lowest BCUT2D eigenvalue weighted by atomic mass is 10.0. The Balaban J connectivity index is 1.41. The van der Waals surface area contributed by atoms with Crippen LogP contribution in [0.1, 0.15) is 21.5 Å². The molecule has 34 heavy (non-hydrogen) atoms. The van der Waals surface area contributed by atoms with Gasteiger partial charge in [-0.2, -0.15) is 0 Å². The molecule has 1 aliphatic rings. The van der Waals surface area contributed by atoms with Crippen LogP contribution in [-0.2, 0) is 9.53 Å². The van der Waals surface area contributed by atoms with Crippen molar-refractivity contribution in [3.63, 3.8) is 0 Å². The number of halogens is 1. The molecule has 178 valence electrons. The highest BCUT2D eigenvalue weighted by Gasteiger charge is 2.24. The Bertz CT molecular complexity index is 1180. The second-order valence-electron chi connectivity index (χ2n) is 8.45. The molecule has 8 heteroatoms. The van der Waals surface area contributed by atoms with Gasteiger partial charge in [0.25, 0.3) is 0 Å². The van der Waals surface area contributed by atoms with Gasteiger partial charge in [0.15, 0.2) is 0 Å². The summed E-state index contributed by atoms with van der Waals surface area (Å²) < 4.78 is 5.02. The maximum Gasteiger partial charge on any atom is 0.341 e. The Morgan fingerprint density at radius 1 is 1.06 bits per heavy atom. The first-order valence-corrected chi connectivity index (χ1v) is 12.4. The van der Waals surface area contributed by atoms with Crippen LogP contribution in [0.3, 0.4) is 0 Å². The van der Waals surface area contributed by atoms with Crippen molar-refractivity contribution in [1.29, 1.82) is 0 Å². The first kappa shape index (κ1) is 24.3. The Kier molecular flexibility index (Phi) is 7.56. The van der Waals surface area contributed by atoms with Crippen molar-refractivity contribution in [2.75, 3.05) is 50.1 Å². The van der Waals surface area contributed by atoms with Gasteiger partial charge in [-0.1, -0.05) is 47.5 Å². The average Bonchev–Trinajstić information content (AvgIpc) is 3.24. The molecule has 0 atom stereocenters. The molecule has 1 N–H and O–H groups in total. The number of carbonyl (C=O) groups excluding carboxylic acids is 2. The van der Waals surface area contributed by atoms with Crippen LogP contribution < -0.4 is 10.2 Å². The monoisotopic (exact) mass is 497 g/mol. The van der Waals surface area contributed by atoms with Crippen molar-refractivity contribution in [1.82, 2.24) is 4.90 Å². The van der Waals surface area contributed by atoms with Crippen molar-refractivity contribution < 1.29 is 14.3 Å². The fourth-order valence-corrected chi connectivity index (χ4v) is 5.28. The number of anilines is 2. The zero-order chi connectivity index (χ0) is 24.2. The highest BCUT2D eigenvalue weighted by atomic mass is 35.5. The van der Waals surface area contributed by atoms with E-state index in [0.717, 1.165) is 53.6 Å². The molecule has 1 aromatic heterocycles. The van der Waals surface area contributed by atoms with Gasteiger partial charge in [0.05, 0.1) is 13.7 Å². The molecular formula is C26H28ClN3O3S. The second-order valence-corrected chi connectivity index (χ2v) is 9.77. The Hall–Kier alpha value is -2.87. The lowest BCUT2D eigenvalue weighted by Gasteiger charge is -2.36. The molecule has 0 spiro atoms. The van der Waals surface area contributed by atoms with Crippen LogP contribution in [-0.4, -0.2) is 56.6 Å². The zero-order valence-electron chi connectivity index (χ0n) is 19.6. The third-order valence-electron chi connectivity index (χ3n) is 6.05. The van der Waals surface area contributed by atoms with Gasteiger partial charge in [-0.25, -0.2) is 4.79 Å². The quantitative estimate of drug-likeness (QED) is 0.472. The number of hydrogen-bond acceptors (Lipinski definition) is 6. The summed E-state index contributed by atoms with van der Waals surface area (Å²) in [6.07, 6.45) is 0. The van der Waals surface area contributed by atoms with Gasteiger partial charge in [0, 0.05) is 47.8 Å². The SMILES string of the molecule is COC(=O)c1c(-c2ccc(C)cc2)csc1NC(=O)CN1CCN(c2cc(Cl)ccc2C)CC1. The summed E-state index contributed by atoms with van der Waals surface area (Å²) >= 11 is 7.52. The van der Waals surface area contributed by atoms with Gasteiger partial charge < -0.3 is 15.0 Å². The smallest absolute Gasteiger partial charge is 0.341 e. The maximum atomic E-state index is 12.9. The highest BCUT2D eigenvalue weighted by Crippen LogP contribution is 2.36. The number of benzene rings is 2. The van der Waals surface area contributed by atoms with Crippen LogP contribution in [0.5, 0.6) is 0 Å². The minimum Gasteiger partial charge on any atom is -0.465 e. The number of methoxy groups -OCH3 is 1. The average molecular weight is 498 g/mol. The number of thiophene rings is 1. The minimum absolute atomic E-state index is 0.144. The third kappa shape index (κ3) is 5.43. The van der Waals surface area contributed by atoms with E-state index in [-0.39, 0.29) is 12.5 Å². The molecule has 6 nitrogen and oxygen atoms in total. The predicted molar refractivity (Wildman–Crippen MR) is 139 cm³/mol. The molecule has 0 unspecified atom stereocenters. The van der Waals surface area contributed by atoms with Gasteiger partial charge in [0.1, 0.15) is 10.6 Å². The number of nitrogens with one attached hydrogen (secondary N) is 1. The Labute approximate surface area is 209 Å². The summed E-state index contributed by atoms with van der Waals surface area (Å²) in [5, 5.41) is 6.07. The molecular weight excluding hydrogens is 470 g/mol. The summed E-state index contributed by atoms with van der Waals surface area (Å²) in [5.74, 6) is -0.604. The van der Waals surface area contributed by atoms with E-state index in [0.29, 0.717) is 10.6 Å². The molecule has 3 aromatic rings. The number of esters is 1. The number of amides is 1. The molecule has 2 heterocycles. The molecule has 1 aliphatic heterocycles. The number of ether oxygens (including phenoxy) is 1. The van der Waals surface area contributed by atoms with Crippen molar-refractivity contribution in [2.24, 2.45) is 0 Å². The van der Waals surface area contributed by atoms with Gasteiger partial charge in [0.2, 0.25) is 5.91 Å². The van der Waals surface area contributed by atoms with Gasteiger partial charge in [-0.3, -0.25) is 9.69 Å². The summed E-state index contributed by atoms with van der Waals surface area (Å²) in [4.78, 5) is 29.8. The van der Waals surface area contributed by atoms with Gasteiger partial charge >= 0.3 is 5.97 Å². The number of piperazine rings is 1. The molecule has 1 amide bonds. The summed E-state index contributed by atoms with van der Waals surface area (Å²) in [7, 11) is 1.35. The number of hydrogen-bond donors (Lipinski definition) is 1. The van der Waals surface area contributed by atoms with E-state index in [1.54, 1.807) is 0 Å². The molecule has 1 fully saturated rings. The number of nitrogens with zero attached hydrogens (tertiary/aromatic N) is 2. The standard InChI is InChI=1S/C26H28ClN3O3S/c1-17-4-7-19(8-5-17)21-16-34-25(24(21)26(32)33-3)28-23(31)15-29-10-12-30(13-11-29)22-14-20(27)9-6-18(22)2/h4-9,14,16H,10-13,15H2,1-3H3,(H,28,31). The first-order chi connectivity index (χ1) is 16.4. The topological polar surface area (TPSA) is 61.9 Å². The Morgan fingerprint density at radius 3 is 2.44 bits per heavy atom. The lowest BCUT2D eigenvalue weighted by Crippen LogP contribution is -2.48. The molecule has 2 aromatic carbocycles. The first-order valence-electron chi connectivity index (χ1n) is 11.2. The van der Waals surface area contributed by atoms with E-state index in [2.05, 4.69) is 22.0 Å². The summed E-state index contributed by atoms with van der Waals surface area (Å²) in [6, 6.07) is 13.9. The fourth-order valence-electron chi connectivity index (χ4n) is 4.14. The van der Waals surface area contributed by atoms with Crippen LogP contribution in [0.4, 0.5) is 10.7 Å². The number of rotatable bonds is 6. The van der Waals surface area contributed by atoms with E-state index in [9.17, 15) is 9.59 Å². The van der Waals surface area contributed by atoms with Crippen LogP contribution in [0.2, 0.25) is 5.02 Å². The minimum atomic E-state index is -0.461. The van der Waals surface area contributed by atoms with E-state index >= 15 is 0 Å². The maximum absolute atomic E-state index is 12.9. The largest absolute Gasteiger partial charge is 0.465 e. The van der Waals surface area contributed by atoms with Crippen LogP contribution >= 0.6 is 22.9 Å². The predicted octanol–water partition coefficient (Wildman–Crippen LogP) is 5.23. The molecule has 0 aliphatic carbocycles.